The van der Waals surface area contributed by atoms with E-state index in [-0.39, 0.29) is 6.04 Å². The summed E-state index contributed by atoms with van der Waals surface area (Å²) in [5.74, 6) is 0. The van der Waals surface area contributed by atoms with Crippen molar-refractivity contribution in [2.45, 2.75) is 43.7 Å². The first-order chi connectivity index (χ1) is 7.50. The lowest BCUT2D eigenvalue weighted by molar-refractivity contribution is -0.172. The molecular formula is C11H22N2O3. The first-order valence-corrected chi connectivity index (χ1v) is 6.04. The van der Waals surface area contributed by atoms with Crippen molar-refractivity contribution in [1.29, 1.82) is 0 Å². The summed E-state index contributed by atoms with van der Waals surface area (Å²) in [4.78, 5) is 3.95. The van der Waals surface area contributed by atoms with Gasteiger partial charge in [0.15, 0.2) is 0 Å². The van der Waals surface area contributed by atoms with E-state index < -0.39 is 17.9 Å². The molecule has 0 aliphatic carbocycles. The molecule has 2 heterocycles. The summed E-state index contributed by atoms with van der Waals surface area (Å²) in [5, 5.41) is 30.4. The van der Waals surface area contributed by atoms with Gasteiger partial charge in [-0.2, -0.15) is 0 Å². The fraction of sp³-hybridized carbons (Fsp3) is 1.00. The summed E-state index contributed by atoms with van der Waals surface area (Å²) in [5.41, 5.74) is -1.00. The average molecular weight is 230 g/mol. The standard InChI is InChI=1S/C11H22N2O3/c1-3-12(2)11(16)5-7-13-6-4-8(14)9(15)10(11)13/h8-10,14-16H,3-7H2,1-2H3. The summed E-state index contributed by atoms with van der Waals surface area (Å²) >= 11 is 0. The Bertz CT molecular complexity index is 264. The lowest BCUT2D eigenvalue weighted by atomic mass is 9.90. The summed E-state index contributed by atoms with van der Waals surface area (Å²) in [7, 11) is 1.86. The molecule has 0 spiro atoms. The molecule has 0 aromatic rings. The Balaban J connectivity index is 2.23. The highest BCUT2D eigenvalue weighted by Gasteiger charge is 2.54. The van der Waals surface area contributed by atoms with Gasteiger partial charge < -0.3 is 15.3 Å². The zero-order valence-electron chi connectivity index (χ0n) is 10.0. The number of nitrogens with zero attached hydrogens (tertiary/aromatic N) is 2. The Labute approximate surface area is 96.3 Å². The van der Waals surface area contributed by atoms with Crippen molar-refractivity contribution in [3.63, 3.8) is 0 Å². The fourth-order valence-corrected chi connectivity index (χ4v) is 3.00. The van der Waals surface area contributed by atoms with Crippen LogP contribution in [-0.2, 0) is 0 Å². The highest BCUT2D eigenvalue weighted by Crippen LogP contribution is 2.37. The molecule has 5 nitrogen and oxygen atoms in total. The number of rotatable bonds is 2. The average Bonchev–Trinajstić information content (AvgIpc) is 2.62. The lowest BCUT2D eigenvalue weighted by Crippen LogP contribution is -2.64. The molecule has 0 aromatic heterocycles. The largest absolute Gasteiger partial charge is 0.390 e. The van der Waals surface area contributed by atoms with E-state index in [9.17, 15) is 15.3 Å². The Morgan fingerprint density at radius 1 is 1.38 bits per heavy atom. The van der Waals surface area contributed by atoms with Crippen LogP contribution in [0.15, 0.2) is 0 Å². The molecule has 2 saturated heterocycles. The van der Waals surface area contributed by atoms with Gasteiger partial charge in [-0.25, -0.2) is 0 Å². The SMILES string of the molecule is CCN(C)C1(O)CCN2CCC(O)C(O)C21. The number of hydrogen-bond acceptors (Lipinski definition) is 5. The molecule has 3 N–H and O–H groups in total. The minimum atomic E-state index is -1.00. The van der Waals surface area contributed by atoms with Crippen LogP contribution in [0.1, 0.15) is 19.8 Å². The van der Waals surface area contributed by atoms with E-state index in [1.807, 2.05) is 18.9 Å². The Hall–Kier alpha value is -0.200. The predicted molar refractivity (Wildman–Crippen MR) is 59.9 cm³/mol. The summed E-state index contributed by atoms with van der Waals surface area (Å²) < 4.78 is 0. The van der Waals surface area contributed by atoms with E-state index in [1.54, 1.807) is 0 Å². The van der Waals surface area contributed by atoms with Crippen LogP contribution in [0.5, 0.6) is 0 Å². The first-order valence-electron chi connectivity index (χ1n) is 6.04. The normalized spacial score (nSPS) is 45.0. The third-order valence-corrected chi connectivity index (χ3v) is 4.20. The maximum atomic E-state index is 10.7. The van der Waals surface area contributed by atoms with Crippen LogP contribution in [0.25, 0.3) is 0 Å². The van der Waals surface area contributed by atoms with Gasteiger partial charge >= 0.3 is 0 Å². The lowest BCUT2D eigenvalue weighted by Gasteiger charge is -2.46. The zero-order chi connectivity index (χ0) is 11.9. The van der Waals surface area contributed by atoms with Crippen LogP contribution in [0, 0.1) is 0 Å². The Kier molecular flexibility index (Phi) is 3.25. The monoisotopic (exact) mass is 230 g/mol. The van der Waals surface area contributed by atoms with Crippen LogP contribution in [-0.4, -0.2) is 75.8 Å². The van der Waals surface area contributed by atoms with Crippen molar-refractivity contribution in [2.75, 3.05) is 26.7 Å². The number of likely N-dealkylation sites (N-methyl/N-ethyl adjacent to an activating group) is 1. The van der Waals surface area contributed by atoms with E-state index >= 15 is 0 Å². The molecule has 4 unspecified atom stereocenters. The van der Waals surface area contributed by atoms with Gasteiger partial charge in [-0.15, -0.1) is 0 Å². The predicted octanol–water partition coefficient (Wildman–Crippen LogP) is -1.17. The van der Waals surface area contributed by atoms with Gasteiger partial charge in [-0.3, -0.25) is 9.80 Å². The van der Waals surface area contributed by atoms with Crippen LogP contribution in [0.3, 0.4) is 0 Å². The number of hydrogen-bond donors (Lipinski definition) is 3. The second kappa shape index (κ2) is 4.23. The molecule has 2 aliphatic rings. The molecular weight excluding hydrogens is 208 g/mol. The van der Waals surface area contributed by atoms with Crippen molar-refractivity contribution in [1.82, 2.24) is 9.80 Å². The van der Waals surface area contributed by atoms with Gasteiger partial charge in [-0.05, 0) is 20.0 Å². The van der Waals surface area contributed by atoms with Gasteiger partial charge in [0.1, 0.15) is 5.72 Å². The quantitative estimate of drug-likeness (QED) is 0.521. The van der Waals surface area contributed by atoms with Gasteiger partial charge in [-0.1, -0.05) is 6.92 Å². The molecule has 0 aromatic carbocycles. The number of aliphatic hydroxyl groups excluding tert-OH is 2. The van der Waals surface area contributed by atoms with Crippen molar-refractivity contribution in [2.24, 2.45) is 0 Å². The van der Waals surface area contributed by atoms with E-state index in [0.29, 0.717) is 12.8 Å². The van der Waals surface area contributed by atoms with Gasteiger partial charge in [0, 0.05) is 19.5 Å². The summed E-state index contributed by atoms with van der Waals surface area (Å²) in [6.07, 6.45) is -0.346. The van der Waals surface area contributed by atoms with Crippen LogP contribution >= 0.6 is 0 Å². The summed E-state index contributed by atoms with van der Waals surface area (Å²) in [6.45, 7) is 4.24. The van der Waals surface area contributed by atoms with Gasteiger partial charge in [0.25, 0.3) is 0 Å². The summed E-state index contributed by atoms with van der Waals surface area (Å²) in [6, 6.07) is -0.360. The molecule has 2 aliphatic heterocycles. The smallest absolute Gasteiger partial charge is 0.137 e. The van der Waals surface area contributed by atoms with E-state index in [0.717, 1.165) is 19.6 Å². The molecule has 4 atom stereocenters. The number of aliphatic hydroxyl groups is 3. The molecule has 0 bridgehead atoms. The maximum Gasteiger partial charge on any atom is 0.137 e. The molecule has 0 amide bonds. The minimum Gasteiger partial charge on any atom is -0.390 e. The highest BCUT2D eigenvalue weighted by atomic mass is 16.3. The second-order valence-corrected chi connectivity index (χ2v) is 4.97. The molecule has 0 saturated carbocycles. The highest BCUT2D eigenvalue weighted by molar-refractivity contribution is 5.06. The Morgan fingerprint density at radius 3 is 2.69 bits per heavy atom. The minimum absolute atomic E-state index is 0.360. The maximum absolute atomic E-state index is 10.7. The van der Waals surface area contributed by atoms with Crippen LogP contribution < -0.4 is 0 Å². The number of piperidine rings is 1. The van der Waals surface area contributed by atoms with Crippen LogP contribution in [0.4, 0.5) is 0 Å². The van der Waals surface area contributed by atoms with E-state index in [4.69, 9.17) is 0 Å². The molecule has 5 heteroatoms. The number of fused-ring (bicyclic) bond motifs is 1. The molecule has 16 heavy (non-hydrogen) atoms. The van der Waals surface area contributed by atoms with Crippen molar-refractivity contribution >= 4 is 0 Å². The topological polar surface area (TPSA) is 67.2 Å². The Morgan fingerprint density at radius 2 is 2.06 bits per heavy atom. The molecule has 0 radical (unpaired) electrons. The fourth-order valence-electron chi connectivity index (χ4n) is 3.00. The van der Waals surface area contributed by atoms with E-state index in [1.165, 1.54) is 0 Å². The first kappa shape index (κ1) is 12.3. The van der Waals surface area contributed by atoms with E-state index in [2.05, 4.69) is 4.90 Å². The van der Waals surface area contributed by atoms with Crippen molar-refractivity contribution in [3.05, 3.63) is 0 Å². The molecule has 94 valence electrons. The molecule has 2 fully saturated rings. The third-order valence-electron chi connectivity index (χ3n) is 4.20. The van der Waals surface area contributed by atoms with Crippen molar-refractivity contribution in [3.8, 4) is 0 Å². The van der Waals surface area contributed by atoms with Crippen LogP contribution in [0.2, 0.25) is 0 Å². The van der Waals surface area contributed by atoms with Gasteiger partial charge in [0.2, 0.25) is 0 Å². The van der Waals surface area contributed by atoms with Gasteiger partial charge in [0.05, 0.1) is 18.2 Å². The third kappa shape index (κ3) is 1.67. The van der Waals surface area contributed by atoms with Crippen molar-refractivity contribution < 1.29 is 15.3 Å². The second-order valence-electron chi connectivity index (χ2n) is 4.97. The molecule has 2 rings (SSSR count). The zero-order valence-corrected chi connectivity index (χ0v) is 10.0.